The lowest BCUT2D eigenvalue weighted by Crippen LogP contribution is -3.15. The van der Waals surface area contributed by atoms with Gasteiger partial charge in [0.25, 0.3) is 5.56 Å². The number of ether oxygens (including phenoxy) is 1. The molecular weight excluding hydrogens is 350 g/mol. The van der Waals surface area contributed by atoms with E-state index < -0.39 is 6.10 Å². The lowest BCUT2D eigenvalue weighted by molar-refractivity contribution is -0.910. The highest BCUT2D eigenvalue weighted by Crippen LogP contribution is 2.19. The van der Waals surface area contributed by atoms with Gasteiger partial charge in [-0.2, -0.15) is 0 Å². The molecule has 1 fully saturated rings. The van der Waals surface area contributed by atoms with Crippen molar-refractivity contribution < 1.29 is 14.7 Å². The first kappa shape index (κ1) is 19.4. The van der Waals surface area contributed by atoms with Crippen LogP contribution in [-0.4, -0.2) is 59.4 Å². The number of thioether (sulfide) groups is 1. The quantitative estimate of drug-likeness (QED) is 0.540. The second kappa shape index (κ2) is 8.99. The molecule has 1 saturated heterocycles. The third-order valence-electron chi connectivity index (χ3n) is 4.50. The van der Waals surface area contributed by atoms with E-state index in [0.717, 1.165) is 26.3 Å². The summed E-state index contributed by atoms with van der Waals surface area (Å²) in [6.45, 7) is 8.91. The molecular formula is C19H28N3O3S+. The Kier molecular flexibility index (Phi) is 6.69. The number of morpholine rings is 1. The van der Waals surface area contributed by atoms with Crippen LogP contribution in [0.3, 0.4) is 0 Å². The van der Waals surface area contributed by atoms with Crippen molar-refractivity contribution in [2.45, 2.75) is 31.7 Å². The standard InChI is InChI=1S/C19H27N3O3S/c1-14(2)11-22-18(24)16-5-3-4-6-17(16)20-19(22)26-13-15(23)12-21-7-9-25-10-8-21/h3-6,14-15,23H,7-13H2,1-2H3/p+1/t15-/m0/s1. The fourth-order valence-corrected chi connectivity index (χ4v) is 4.15. The van der Waals surface area contributed by atoms with Gasteiger partial charge in [-0.05, 0) is 18.1 Å². The number of hydrogen-bond donors (Lipinski definition) is 2. The SMILES string of the molecule is CC(C)Cn1c(SC[C@@H](O)C[NH+]2CCOCC2)nc2ccccc2c1=O. The van der Waals surface area contributed by atoms with Crippen LogP contribution in [-0.2, 0) is 11.3 Å². The molecule has 0 unspecified atom stereocenters. The number of quaternary nitrogens is 1. The van der Waals surface area contributed by atoms with E-state index in [1.165, 1.54) is 16.7 Å². The molecule has 2 heterocycles. The van der Waals surface area contributed by atoms with E-state index >= 15 is 0 Å². The summed E-state index contributed by atoms with van der Waals surface area (Å²) in [7, 11) is 0. The third kappa shape index (κ3) is 4.85. The topological polar surface area (TPSA) is 68.8 Å². The predicted octanol–water partition coefficient (Wildman–Crippen LogP) is 0.421. The van der Waals surface area contributed by atoms with E-state index in [4.69, 9.17) is 9.72 Å². The molecule has 7 heteroatoms. The Labute approximate surface area is 158 Å². The Hall–Kier alpha value is -1.41. The molecule has 1 aliphatic heterocycles. The first-order valence-corrected chi connectivity index (χ1v) is 10.2. The minimum absolute atomic E-state index is 0.0000871. The predicted molar refractivity (Wildman–Crippen MR) is 104 cm³/mol. The van der Waals surface area contributed by atoms with E-state index in [9.17, 15) is 9.90 Å². The maximum absolute atomic E-state index is 12.9. The van der Waals surface area contributed by atoms with Crippen molar-refractivity contribution in [1.29, 1.82) is 0 Å². The molecule has 6 nitrogen and oxygen atoms in total. The first-order valence-electron chi connectivity index (χ1n) is 9.26. The molecule has 142 valence electrons. The zero-order chi connectivity index (χ0) is 18.5. The van der Waals surface area contributed by atoms with Gasteiger partial charge in [0, 0.05) is 12.3 Å². The highest BCUT2D eigenvalue weighted by molar-refractivity contribution is 7.99. The summed E-state index contributed by atoms with van der Waals surface area (Å²) >= 11 is 1.47. The molecule has 0 bridgehead atoms. The Morgan fingerprint density at radius 2 is 2.04 bits per heavy atom. The summed E-state index contributed by atoms with van der Waals surface area (Å²) in [5, 5.41) is 11.8. The number of fused-ring (bicyclic) bond motifs is 1. The van der Waals surface area contributed by atoms with Crippen LogP contribution in [0.25, 0.3) is 10.9 Å². The number of nitrogens with one attached hydrogen (secondary N) is 1. The van der Waals surface area contributed by atoms with Crippen molar-refractivity contribution in [3.8, 4) is 0 Å². The van der Waals surface area contributed by atoms with Crippen molar-refractivity contribution in [2.75, 3.05) is 38.6 Å². The maximum Gasteiger partial charge on any atom is 0.262 e. The second-order valence-electron chi connectivity index (χ2n) is 7.25. The summed E-state index contributed by atoms with van der Waals surface area (Å²) < 4.78 is 7.12. The van der Waals surface area contributed by atoms with Gasteiger partial charge in [-0.1, -0.05) is 37.7 Å². The van der Waals surface area contributed by atoms with Crippen LogP contribution in [0.1, 0.15) is 13.8 Å². The molecule has 1 aromatic heterocycles. The van der Waals surface area contributed by atoms with E-state index in [1.54, 1.807) is 4.57 Å². The zero-order valence-corrected chi connectivity index (χ0v) is 16.3. The lowest BCUT2D eigenvalue weighted by atomic mass is 10.2. The van der Waals surface area contributed by atoms with Crippen molar-refractivity contribution >= 4 is 22.7 Å². The van der Waals surface area contributed by atoms with E-state index in [0.29, 0.717) is 40.8 Å². The molecule has 3 rings (SSSR count). The van der Waals surface area contributed by atoms with Crippen molar-refractivity contribution in [3.05, 3.63) is 34.6 Å². The highest BCUT2D eigenvalue weighted by Gasteiger charge is 2.20. The molecule has 0 aliphatic carbocycles. The van der Waals surface area contributed by atoms with Crippen LogP contribution < -0.4 is 10.5 Å². The average molecular weight is 379 g/mol. The molecule has 2 N–H and O–H groups in total. The molecule has 0 amide bonds. The number of aliphatic hydroxyl groups is 1. The number of nitrogens with zero attached hydrogens (tertiary/aromatic N) is 2. The number of rotatable bonds is 7. The number of aliphatic hydroxyl groups excluding tert-OH is 1. The molecule has 0 radical (unpaired) electrons. The first-order chi connectivity index (χ1) is 12.5. The smallest absolute Gasteiger partial charge is 0.262 e. The number of hydrogen-bond acceptors (Lipinski definition) is 5. The fourth-order valence-electron chi connectivity index (χ4n) is 3.21. The van der Waals surface area contributed by atoms with E-state index in [2.05, 4.69) is 13.8 Å². The maximum atomic E-state index is 12.9. The largest absolute Gasteiger partial charge is 0.386 e. The number of benzene rings is 1. The van der Waals surface area contributed by atoms with E-state index in [1.807, 2.05) is 24.3 Å². The Balaban J connectivity index is 1.76. The third-order valence-corrected chi connectivity index (χ3v) is 5.62. The van der Waals surface area contributed by atoms with Gasteiger partial charge >= 0.3 is 0 Å². The normalized spacial score (nSPS) is 17.1. The van der Waals surface area contributed by atoms with Gasteiger partial charge in [0.05, 0.1) is 24.1 Å². The highest BCUT2D eigenvalue weighted by atomic mass is 32.2. The van der Waals surface area contributed by atoms with Gasteiger partial charge in [-0.15, -0.1) is 0 Å². The monoisotopic (exact) mass is 378 g/mol. The Morgan fingerprint density at radius 3 is 2.77 bits per heavy atom. The van der Waals surface area contributed by atoms with Crippen molar-refractivity contribution in [3.63, 3.8) is 0 Å². The Morgan fingerprint density at radius 1 is 1.31 bits per heavy atom. The van der Waals surface area contributed by atoms with E-state index in [-0.39, 0.29) is 5.56 Å². The lowest BCUT2D eigenvalue weighted by Gasteiger charge is -2.25. The molecule has 26 heavy (non-hydrogen) atoms. The van der Waals surface area contributed by atoms with Crippen LogP contribution >= 0.6 is 11.8 Å². The van der Waals surface area contributed by atoms with Crippen molar-refractivity contribution in [2.24, 2.45) is 5.92 Å². The average Bonchev–Trinajstić information content (AvgIpc) is 2.63. The molecule has 1 atom stereocenters. The van der Waals surface area contributed by atoms with Gasteiger partial charge in [-0.25, -0.2) is 4.98 Å². The fraction of sp³-hybridized carbons (Fsp3) is 0.579. The van der Waals surface area contributed by atoms with Crippen LogP contribution in [0.5, 0.6) is 0 Å². The summed E-state index contributed by atoms with van der Waals surface area (Å²) in [6, 6.07) is 7.46. The number of aromatic nitrogens is 2. The summed E-state index contributed by atoms with van der Waals surface area (Å²) in [6.07, 6.45) is -0.427. The van der Waals surface area contributed by atoms with Crippen LogP contribution in [0.4, 0.5) is 0 Å². The molecule has 1 aromatic carbocycles. The zero-order valence-electron chi connectivity index (χ0n) is 15.5. The molecule has 2 aromatic rings. The Bertz CT molecular complexity index is 787. The summed E-state index contributed by atoms with van der Waals surface area (Å²) in [5.41, 5.74) is 0.716. The summed E-state index contributed by atoms with van der Waals surface area (Å²) in [5.74, 6) is 0.880. The van der Waals surface area contributed by atoms with Gasteiger partial charge in [0.2, 0.25) is 0 Å². The van der Waals surface area contributed by atoms with Crippen LogP contribution in [0.2, 0.25) is 0 Å². The minimum Gasteiger partial charge on any atom is -0.386 e. The summed E-state index contributed by atoms with van der Waals surface area (Å²) in [4.78, 5) is 18.9. The second-order valence-corrected chi connectivity index (χ2v) is 8.24. The van der Waals surface area contributed by atoms with Gasteiger partial charge in [-0.3, -0.25) is 9.36 Å². The van der Waals surface area contributed by atoms with Crippen LogP contribution in [0.15, 0.2) is 34.2 Å². The van der Waals surface area contributed by atoms with Gasteiger partial charge in [0.15, 0.2) is 5.16 Å². The van der Waals surface area contributed by atoms with Crippen molar-refractivity contribution in [1.82, 2.24) is 9.55 Å². The molecule has 1 aliphatic rings. The molecule has 0 saturated carbocycles. The van der Waals surface area contributed by atoms with Gasteiger partial charge < -0.3 is 14.7 Å². The van der Waals surface area contributed by atoms with Crippen LogP contribution in [0, 0.1) is 5.92 Å². The number of para-hydroxylation sites is 1. The van der Waals surface area contributed by atoms with Gasteiger partial charge in [0.1, 0.15) is 25.7 Å². The minimum atomic E-state index is -0.427. The molecule has 0 spiro atoms.